The molecule has 24 heavy (non-hydrogen) atoms. The molecule has 134 valence electrons. The van der Waals surface area contributed by atoms with Crippen molar-refractivity contribution in [2.24, 2.45) is 5.92 Å². The molecule has 1 aliphatic rings. The number of rotatable bonds is 8. The summed E-state index contributed by atoms with van der Waals surface area (Å²) in [5.74, 6) is 1.14. The molecule has 1 aromatic carbocycles. The Bertz CT molecular complexity index is 511. The summed E-state index contributed by atoms with van der Waals surface area (Å²) in [4.78, 5) is 14.6. The summed E-state index contributed by atoms with van der Waals surface area (Å²) < 4.78 is 5.66. The van der Waals surface area contributed by atoms with Crippen LogP contribution in [0.1, 0.15) is 43.5 Å². The van der Waals surface area contributed by atoms with Crippen LogP contribution in [0, 0.1) is 5.92 Å². The number of nitrogens with zero attached hydrogens (tertiary/aromatic N) is 1. The Hall–Kier alpha value is -1.59. The van der Waals surface area contributed by atoms with E-state index in [4.69, 9.17) is 4.74 Å². The van der Waals surface area contributed by atoms with Crippen LogP contribution in [0.15, 0.2) is 24.3 Å². The van der Waals surface area contributed by atoms with Gasteiger partial charge in [0.2, 0.25) is 0 Å². The number of aliphatic hydroxyl groups excluding tert-OH is 1. The first kappa shape index (κ1) is 18.7. The zero-order valence-electron chi connectivity index (χ0n) is 14.8. The molecule has 1 amide bonds. The molecule has 5 heteroatoms. The molecule has 0 spiro atoms. The minimum absolute atomic E-state index is 0.0564. The third-order valence-corrected chi connectivity index (χ3v) is 4.17. The van der Waals surface area contributed by atoms with Crippen LogP contribution in [0.3, 0.4) is 0 Å². The Morgan fingerprint density at radius 3 is 2.83 bits per heavy atom. The largest absolute Gasteiger partial charge is 0.493 e. The maximum atomic E-state index is 12.2. The van der Waals surface area contributed by atoms with Crippen molar-refractivity contribution in [2.45, 2.75) is 39.2 Å². The van der Waals surface area contributed by atoms with E-state index in [1.54, 1.807) is 6.07 Å². The highest BCUT2D eigenvalue weighted by atomic mass is 16.5. The number of piperidine rings is 1. The highest BCUT2D eigenvalue weighted by Gasteiger charge is 2.16. The average Bonchev–Trinajstić information content (AvgIpc) is 2.58. The van der Waals surface area contributed by atoms with Crippen LogP contribution in [-0.4, -0.2) is 54.8 Å². The molecule has 1 saturated heterocycles. The Labute approximate surface area is 145 Å². The van der Waals surface area contributed by atoms with Gasteiger partial charge in [0.25, 0.3) is 5.91 Å². The summed E-state index contributed by atoms with van der Waals surface area (Å²) in [6.45, 7) is 8.36. The van der Waals surface area contributed by atoms with Gasteiger partial charge < -0.3 is 20.1 Å². The molecular weight excluding hydrogens is 304 g/mol. The lowest BCUT2D eigenvalue weighted by atomic mass is 10.1. The number of hydrogen-bond donors (Lipinski definition) is 2. The van der Waals surface area contributed by atoms with Crippen molar-refractivity contribution in [3.8, 4) is 5.75 Å². The van der Waals surface area contributed by atoms with E-state index in [1.165, 1.54) is 0 Å². The molecular formula is C19H30N2O3. The first-order chi connectivity index (χ1) is 11.5. The minimum Gasteiger partial charge on any atom is -0.493 e. The average molecular weight is 334 g/mol. The van der Waals surface area contributed by atoms with Crippen LogP contribution >= 0.6 is 0 Å². The molecule has 1 heterocycles. The zero-order valence-corrected chi connectivity index (χ0v) is 14.8. The number of hydrogen-bond acceptors (Lipinski definition) is 4. The summed E-state index contributed by atoms with van der Waals surface area (Å²) in [7, 11) is 0. The van der Waals surface area contributed by atoms with Gasteiger partial charge in [-0.05, 0) is 49.9 Å². The second kappa shape index (κ2) is 9.64. The SMILES string of the molecule is CC(C)COc1cccc(C(=O)NCCCN2CCC(O)CC2)c1. The van der Waals surface area contributed by atoms with Crippen molar-refractivity contribution in [1.29, 1.82) is 0 Å². The third kappa shape index (κ3) is 6.49. The minimum atomic E-state index is -0.133. The molecule has 0 atom stereocenters. The van der Waals surface area contributed by atoms with Crippen LogP contribution < -0.4 is 10.1 Å². The van der Waals surface area contributed by atoms with Crippen LogP contribution in [0.25, 0.3) is 0 Å². The number of ether oxygens (including phenoxy) is 1. The second-order valence-electron chi connectivity index (χ2n) is 6.91. The van der Waals surface area contributed by atoms with Gasteiger partial charge in [0.15, 0.2) is 0 Å². The molecule has 0 aromatic heterocycles. The van der Waals surface area contributed by atoms with Crippen molar-refractivity contribution in [2.75, 3.05) is 32.8 Å². The van der Waals surface area contributed by atoms with Crippen LogP contribution in [0.5, 0.6) is 5.75 Å². The van der Waals surface area contributed by atoms with E-state index in [0.29, 0.717) is 24.6 Å². The first-order valence-electron chi connectivity index (χ1n) is 8.96. The lowest BCUT2D eigenvalue weighted by Gasteiger charge is -2.29. The number of amides is 1. The van der Waals surface area contributed by atoms with Crippen molar-refractivity contribution < 1.29 is 14.6 Å². The molecule has 2 N–H and O–H groups in total. The van der Waals surface area contributed by atoms with Gasteiger partial charge in [-0.15, -0.1) is 0 Å². The van der Waals surface area contributed by atoms with Gasteiger partial charge in [0.05, 0.1) is 12.7 Å². The molecule has 0 aliphatic carbocycles. The van der Waals surface area contributed by atoms with Crippen molar-refractivity contribution in [3.63, 3.8) is 0 Å². The molecule has 0 unspecified atom stereocenters. The number of benzene rings is 1. The highest BCUT2D eigenvalue weighted by molar-refractivity contribution is 5.94. The zero-order chi connectivity index (χ0) is 17.4. The van der Waals surface area contributed by atoms with Gasteiger partial charge in [-0.3, -0.25) is 4.79 Å². The summed E-state index contributed by atoms with van der Waals surface area (Å²) in [5, 5.41) is 12.5. The fourth-order valence-corrected chi connectivity index (χ4v) is 2.74. The smallest absolute Gasteiger partial charge is 0.251 e. The molecule has 5 nitrogen and oxygen atoms in total. The van der Waals surface area contributed by atoms with Crippen molar-refractivity contribution in [3.05, 3.63) is 29.8 Å². The van der Waals surface area contributed by atoms with E-state index in [-0.39, 0.29) is 12.0 Å². The number of aliphatic hydroxyl groups is 1. The Morgan fingerprint density at radius 1 is 1.38 bits per heavy atom. The number of nitrogens with one attached hydrogen (secondary N) is 1. The number of likely N-dealkylation sites (tertiary alicyclic amines) is 1. The van der Waals surface area contributed by atoms with Gasteiger partial charge in [-0.2, -0.15) is 0 Å². The first-order valence-corrected chi connectivity index (χ1v) is 8.96. The topological polar surface area (TPSA) is 61.8 Å². The van der Waals surface area contributed by atoms with E-state index < -0.39 is 0 Å². The quantitative estimate of drug-likeness (QED) is 0.716. The van der Waals surface area contributed by atoms with E-state index in [0.717, 1.165) is 44.6 Å². The number of carbonyl (C=O) groups excluding carboxylic acids is 1. The molecule has 0 saturated carbocycles. The Morgan fingerprint density at radius 2 is 2.12 bits per heavy atom. The van der Waals surface area contributed by atoms with Crippen LogP contribution in [-0.2, 0) is 0 Å². The Balaban J connectivity index is 1.69. The van der Waals surface area contributed by atoms with Gasteiger partial charge >= 0.3 is 0 Å². The van der Waals surface area contributed by atoms with Crippen LogP contribution in [0.2, 0.25) is 0 Å². The molecule has 1 aromatic rings. The normalized spacial score (nSPS) is 16.3. The maximum Gasteiger partial charge on any atom is 0.251 e. The van der Waals surface area contributed by atoms with E-state index in [9.17, 15) is 9.90 Å². The van der Waals surface area contributed by atoms with E-state index >= 15 is 0 Å². The molecule has 1 aliphatic heterocycles. The van der Waals surface area contributed by atoms with Crippen molar-refractivity contribution in [1.82, 2.24) is 10.2 Å². The fourth-order valence-electron chi connectivity index (χ4n) is 2.74. The molecule has 1 fully saturated rings. The lowest BCUT2D eigenvalue weighted by molar-refractivity contribution is 0.0816. The van der Waals surface area contributed by atoms with Gasteiger partial charge in [0, 0.05) is 25.2 Å². The van der Waals surface area contributed by atoms with Crippen molar-refractivity contribution >= 4 is 5.91 Å². The summed E-state index contributed by atoms with van der Waals surface area (Å²) in [6.07, 6.45) is 2.50. The molecule has 2 rings (SSSR count). The fraction of sp³-hybridized carbons (Fsp3) is 0.632. The van der Waals surface area contributed by atoms with E-state index in [2.05, 4.69) is 24.1 Å². The molecule has 0 radical (unpaired) electrons. The van der Waals surface area contributed by atoms with Gasteiger partial charge in [0.1, 0.15) is 5.75 Å². The predicted molar refractivity (Wildman–Crippen MR) is 95.4 cm³/mol. The summed E-state index contributed by atoms with van der Waals surface area (Å²) in [5.41, 5.74) is 0.636. The predicted octanol–water partition coefficient (Wildman–Crippen LogP) is 2.30. The maximum absolute atomic E-state index is 12.2. The molecule has 0 bridgehead atoms. The lowest BCUT2D eigenvalue weighted by Crippen LogP contribution is -2.37. The van der Waals surface area contributed by atoms with Gasteiger partial charge in [-0.25, -0.2) is 0 Å². The second-order valence-corrected chi connectivity index (χ2v) is 6.91. The standard InChI is InChI=1S/C19H30N2O3/c1-15(2)14-24-18-6-3-5-16(13-18)19(23)20-9-4-10-21-11-7-17(22)8-12-21/h3,5-6,13,15,17,22H,4,7-12,14H2,1-2H3,(H,20,23). The monoisotopic (exact) mass is 334 g/mol. The van der Waals surface area contributed by atoms with Crippen LogP contribution in [0.4, 0.5) is 0 Å². The van der Waals surface area contributed by atoms with E-state index in [1.807, 2.05) is 18.2 Å². The highest BCUT2D eigenvalue weighted by Crippen LogP contribution is 2.14. The third-order valence-electron chi connectivity index (χ3n) is 4.17. The summed E-state index contributed by atoms with van der Waals surface area (Å²) in [6, 6.07) is 7.33. The number of carbonyl (C=O) groups is 1. The Kier molecular flexibility index (Phi) is 7.53. The summed E-state index contributed by atoms with van der Waals surface area (Å²) >= 11 is 0. The van der Waals surface area contributed by atoms with Gasteiger partial charge in [-0.1, -0.05) is 19.9 Å².